The standard InChI is InChI=1S/C23H24N4O3/c1-17-4-2-3-5-19(17)30-23-13-22(24-15-25-23)27-10-8-26(9-11-27)14-18-6-7-20-21(12-18)29-16-28-20/h2-7,12-13,15H,8-11,14,16H2,1H3. The van der Waals surface area contributed by atoms with Crippen molar-refractivity contribution in [1.82, 2.24) is 14.9 Å². The van der Waals surface area contributed by atoms with E-state index in [2.05, 4.69) is 31.9 Å². The largest absolute Gasteiger partial charge is 0.454 e. The molecule has 2 aliphatic heterocycles. The maximum atomic E-state index is 5.97. The van der Waals surface area contributed by atoms with Crippen molar-refractivity contribution in [2.45, 2.75) is 13.5 Å². The zero-order valence-electron chi connectivity index (χ0n) is 17.0. The molecule has 1 fully saturated rings. The van der Waals surface area contributed by atoms with E-state index in [1.807, 2.05) is 43.3 Å². The molecule has 2 aliphatic rings. The summed E-state index contributed by atoms with van der Waals surface area (Å²) in [5.41, 5.74) is 2.32. The maximum absolute atomic E-state index is 5.97. The van der Waals surface area contributed by atoms with E-state index >= 15 is 0 Å². The van der Waals surface area contributed by atoms with Crippen molar-refractivity contribution in [2.24, 2.45) is 0 Å². The Hall–Kier alpha value is -3.32. The number of benzene rings is 2. The molecule has 3 heterocycles. The van der Waals surface area contributed by atoms with Crippen molar-refractivity contribution < 1.29 is 14.2 Å². The van der Waals surface area contributed by atoms with Crippen LogP contribution >= 0.6 is 0 Å². The van der Waals surface area contributed by atoms with Gasteiger partial charge in [-0.3, -0.25) is 4.90 Å². The van der Waals surface area contributed by atoms with E-state index in [1.165, 1.54) is 5.56 Å². The number of aromatic nitrogens is 2. The first-order valence-electron chi connectivity index (χ1n) is 10.2. The second kappa shape index (κ2) is 8.20. The summed E-state index contributed by atoms with van der Waals surface area (Å²) in [6.45, 7) is 6.98. The molecule has 0 saturated carbocycles. The first kappa shape index (κ1) is 18.7. The number of hydrogen-bond acceptors (Lipinski definition) is 7. The van der Waals surface area contributed by atoms with Crippen LogP contribution in [0.25, 0.3) is 0 Å². The average molecular weight is 404 g/mol. The number of ether oxygens (including phenoxy) is 3. The lowest BCUT2D eigenvalue weighted by molar-refractivity contribution is 0.174. The quantitative estimate of drug-likeness (QED) is 0.644. The van der Waals surface area contributed by atoms with E-state index in [9.17, 15) is 0 Å². The van der Waals surface area contributed by atoms with Gasteiger partial charge in [0.25, 0.3) is 0 Å². The SMILES string of the molecule is Cc1ccccc1Oc1cc(N2CCN(Cc3ccc4c(c3)OCO4)CC2)ncn1. The van der Waals surface area contributed by atoms with Gasteiger partial charge in [-0.25, -0.2) is 9.97 Å². The third kappa shape index (κ3) is 4.02. The van der Waals surface area contributed by atoms with Crippen molar-refractivity contribution >= 4 is 5.82 Å². The van der Waals surface area contributed by atoms with Crippen LogP contribution in [0.15, 0.2) is 54.9 Å². The highest BCUT2D eigenvalue weighted by Crippen LogP contribution is 2.33. The maximum Gasteiger partial charge on any atom is 0.231 e. The number of nitrogens with zero attached hydrogens (tertiary/aromatic N) is 4. The minimum atomic E-state index is 0.311. The topological polar surface area (TPSA) is 60.0 Å². The molecule has 0 radical (unpaired) electrons. The molecule has 3 aromatic rings. The summed E-state index contributed by atoms with van der Waals surface area (Å²) < 4.78 is 16.9. The van der Waals surface area contributed by atoms with Gasteiger partial charge in [-0.2, -0.15) is 0 Å². The Labute approximate surface area is 175 Å². The van der Waals surface area contributed by atoms with Gasteiger partial charge >= 0.3 is 0 Å². The van der Waals surface area contributed by atoms with Crippen molar-refractivity contribution in [2.75, 3.05) is 37.9 Å². The Bertz CT molecular complexity index is 1030. The fourth-order valence-electron chi connectivity index (χ4n) is 3.77. The molecular formula is C23H24N4O3. The fraction of sp³-hybridized carbons (Fsp3) is 0.304. The van der Waals surface area contributed by atoms with Crippen molar-refractivity contribution in [3.8, 4) is 23.1 Å². The normalized spacial score (nSPS) is 16.0. The van der Waals surface area contributed by atoms with Gasteiger partial charge in [0, 0.05) is 38.8 Å². The van der Waals surface area contributed by atoms with Crippen molar-refractivity contribution in [1.29, 1.82) is 0 Å². The molecule has 0 N–H and O–H groups in total. The van der Waals surface area contributed by atoms with Crippen molar-refractivity contribution in [3.05, 3.63) is 66.0 Å². The van der Waals surface area contributed by atoms with E-state index in [4.69, 9.17) is 14.2 Å². The Balaban J connectivity index is 1.20. The molecule has 5 rings (SSSR count). The van der Waals surface area contributed by atoms with Gasteiger partial charge in [0.2, 0.25) is 12.7 Å². The summed E-state index contributed by atoms with van der Waals surface area (Å²) in [4.78, 5) is 13.5. The molecule has 0 atom stereocenters. The van der Waals surface area contributed by atoms with Gasteiger partial charge < -0.3 is 19.1 Å². The van der Waals surface area contributed by atoms with Gasteiger partial charge in [-0.1, -0.05) is 24.3 Å². The monoisotopic (exact) mass is 404 g/mol. The van der Waals surface area contributed by atoms with E-state index < -0.39 is 0 Å². The first-order valence-corrected chi connectivity index (χ1v) is 10.2. The van der Waals surface area contributed by atoms with Gasteiger partial charge in [0.15, 0.2) is 11.5 Å². The number of hydrogen-bond donors (Lipinski definition) is 0. The number of aryl methyl sites for hydroxylation is 1. The van der Waals surface area contributed by atoms with Gasteiger partial charge in [-0.05, 0) is 36.2 Å². The molecule has 7 nitrogen and oxygen atoms in total. The zero-order valence-corrected chi connectivity index (χ0v) is 17.0. The summed E-state index contributed by atoms with van der Waals surface area (Å²) in [7, 11) is 0. The van der Waals surface area contributed by atoms with Gasteiger partial charge in [-0.15, -0.1) is 0 Å². The minimum Gasteiger partial charge on any atom is -0.454 e. The molecule has 154 valence electrons. The van der Waals surface area contributed by atoms with Crippen LogP contribution in [0.3, 0.4) is 0 Å². The van der Waals surface area contributed by atoms with Crippen LogP contribution in [-0.2, 0) is 6.54 Å². The molecule has 0 amide bonds. The minimum absolute atomic E-state index is 0.311. The van der Waals surface area contributed by atoms with Crippen LogP contribution in [0, 0.1) is 6.92 Å². The Morgan fingerprint density at radius 3 is 2.63 bits per heavy atom. The highest BCUT2D eigenvalue weighted by Gasteiger charge is 2.20. The van der Waals surface area contributed by atoms with Crippen LogP contribution < -0.4 is 19.1 Å². The van der Waals surface area contributed by atoms with Gasteiger partial charge in [0.05, 0.1) is 0 Å². The summed E-state index contributed by atoms with van der Waals surface area (Å²) in [6, 6.07) is 16.0. The first-order chi connectivity index (χ1) is 14.7. The molecular weight excluding hydrogens is 380 g/mol. The van der Waals surface area contributed by atoms with Crippen LogP contribution in [-0.4, -0.2) is 47.8 Å². The Morgan fingerprint density at radius 1 is 0.933 bits per heavy atom. The predicted molar refractivity (Wildman–Crippen MR) is 113 cm³/mol. The zero-order chi connectivity index (χ0) is 20.3. The van der Waals surface area contributed by atoms with Crippen LogP contribution in [0.5, 0.6) is 23.1 Å². The second-order valence-electron chi connectivity index (χ2n) is 7.53. The van der Waals surface area contributed by atoms with E-state index in [0.29, 0.717) is 12.7 Å². The van der Waals surface area contributed by atoms with Crippen LogP contribution in [0.1, 0.15) is 11.1 Å². The molecule has 30 heavy (non-hydrogen) atoms. The Kier molecular flexibility index (Phi) is 5.11. The highest BCUT2D eigenvalue weighted by molar-refractivity contribution is 5.45. The lowest BCUT2D eigenvalue weighted by Gasteiger charge is -2.35. The number of rotatable bonds is 5. The summed E-state index contributed by atoms with van der Waals surface area (Å²) >= 11 is 0. The molecule has 7 heteroatoms. The Morgan fingerprint density at radius 2 is 1.77 bits per heavy atom. The lowest BCUT2D eigenvalue weighted by Crippen LogP contribution is -2.46. The third-order valence-corrected chi connectivity index (χ3v) is 5.48. The van der Waals surface area contributed by atoms with E-state index in [0.717, 1.165) is 61.4 Å². The average Bonchev–Trinajstić information content (AvgIpc) is 3.24. The van der Waals surface area contributed by atoms with Crippen LogP contribution in [0.2, 0.25) is 0 Å². The summed E-state index contributed by atoms with van der Waals surface area (Å²) in [6.07, 6.45) is 1.57. The predicted octanol–water partition coefficient (Wildman–Crippen LogP) is 3.63. The molecule has 0 unspecified atom stereocenters. The molecule has 0 aliphatic carbocycles. The highest BCUT2D eigenvalue weighted by atomic mass is 16.7. The third-order valence-electron chi connectivity index (χ3n) is 5.48. The molecule has 1 aromatic heterocycles. The van der Waals surface area contributed by atoms with E-state index in [1.54, 1.807) is 6.33 Å². The lowest BCUT2D eigenvalue weighted by atomic mass is 10.1. The summed E-state index contributed by atoms with van der Waals surface area (Å²) in [5, 5.41) is 0. The molecule has 0 bridgehead atoms. The second-order valence-corrected chi connectivity index (χ2v) is 7.53. The van der Waals surface area contributed by atoms with E-state index in [-0.39, 0.29) is 0 Å². The van der Waals surface area contributed by atoms with Crippen molar-refractivity contribution in [3.63, 3.8) is 0 Å². The number of anilines is 1. The van der Waals surface area contributed by atoms with Crippen LogP contribution in [0.4, 0.5) is 5.82 Å². The molecule has 2 aromatic carbocycles. The number of fused-ring (bicyclic) bond motifs is 1. The number of para-hydroxylation sites is 1. The molecule has 1 saturated heterocycles. The fourth-order valence-corrected chi connectivity index (χ4v) is 3.77. The summed E-state index contributed by atoms with van der Waals surface area (Å²) in [5.74, 6) is 3.95. The molecule has 0 spiro atoms. The number of piperazine rings is 1. The van der Waals surface area contributed by atoms with Gasteiger partial charge in [0.1, 0.15) is 17.9 Å². The smallest absolute Gasteiger partial charge is 0.231 e.